The number of aromatic nitrogens is 3. The Kier molecular flexibility index (Phi) is 2.13. The van der Waals surface area contributed by atoms with E-state index in [9.17, 15) is 0 Å². The molecule has 0 spiro atoms. The van der Waals surface area contributed by atoms with E-state index in [-0.39, 0.29) is 5.54 Å². The summed E-state index contributed by atoms with van der Waals surface area (Å²) < 4.78 is 13.2. The van der Waals surface area contributed by atoms with Gasteiger partial charge in [-0.3, -0.25) is 0 Å². The Labute approximate surface area is 111 Å². The average Bonchev–Trinajstić information content (AvgIpc) is 3.01. The fraction of sp³-hybridized carbons (Fsp3) is 0.429. The van der Waals surface area contributed by atoms with Gasteiger partial charge in [-0.15, -0.1) is 5.10 Å². The number of rotatable bonds is 2. The van der Waals surface area contributed by atoms with E-state index in [1.165, 1.54) is 0 Å². The third kappa shape index (κ3) is 1.69. The second-order valence-electron chi connectivity index (χ2n) is 5.39. The zero-order chi connectivity index (χ0) is 12.9. The van der Waals surface area contributed by atoms with Gasteiger partial charge in [-0.2, -0.15) is 0 Å². The van der Waals surface area contributed by atoms with Crippen LogP contribution in [0.4, 0.5) is 0 Å². The number of hydrogen-bond acceptors (Lipinski definition) is 4. The normalized spacial score (nSPS) is 19.2. The van der Waals surface area contributed by atoms with E-state index in [0.717, 1.165) is 35.6 Å². The van der Waals surface area contributed by atoms with Crippen molar-refractivity contribution in [3.05, 3.63) is 24.4 Å². The largest absolute Gasteiger partial charge is 0.486 e. The van der Waals surface area contributed by atoms with Gasteiger partial charge in [-0.1, -0.05) is 5.21 Å². The highest BCUT2D eigenvalue weighted by atomic mass is 16.6. The first-order valence-corrected chi connectivity index (χ1v) is 6.57. The molecule has 0 amide bonds. The fourth-order valence-electron chi connectivity index (χ4n) is 2.43. The molecule has 1 aliphatic heterocycles. The smallest absolute Gasteiger partial charge is 0.162 e. The van der Waals surface area contributed by atoms with Crippen LogP contribution in [0.2, 0.25) is 0 Å². The Morgan fingerprint density at radius 1 is 1.16 bits per heavy atom. The van der Waals surface area contributed by atoms with E-state index in [1.807, 2.05) is 29.1 Å². The molecule has 1 aromatic heterocycles. The first kappa shape index (κ1) is 10.8. The molecule has 1 aromatic carbocycles. The van der Waals surface area contributed by atoms with Crippen LogP contribution in [0.15, 0.2) is 24.4 Å². The molecule has 1 fully saturated rings. The molecule has 98 valence electrons. The van der Waals surface area contributed by atoms with Gasteiger partial charge in [0.1, 0.15) is 13.2 Å². The van der Waals surface area contributed by atoms with Crippen molar-refractivity contribution in [1.29, 1.82) is 0 Å². The summed E-state index contributed by atoms with van der Waals surface area (Å²) in [4.78, 5) is 0. The van der Waals surface area contributed by atoms with Gasteiger partial charge in [0.2, 0.25) is 0 Å². The molecule has 1 saturated carbocycles. The third-order valence-electron chi connectivity index (χ3n) is 3.87. The molecule has 0 atom stereocenters. The minimum Gasteiger partial charge on any atom is -0.486 e. The number of nitrogens with zero attached hydrogens (tertiary/aromatic N) is 3. The minimum absolute atomic E-state index is 0.138. The van der Waals surface area contributed by atoms with Crippen molar-refractivity contribution in [1.82, 2.24) is 15.0 Å². The van der Waals surface area contributed by atoms with Gasteiger partial charge in [0.15, 0.2) is 11.5 Å². The molecule has 2 aliphatic rings. The minimum atomic E-state index is 0.138. The molecule has 0 saturated heterocycles. The third-order valence-corrected chi connectivity index (χ3v) is 3.87. The van der Waals surface area contributed by atoms with Crippen LogP contribution in [-0.2, 0) is 5.54 Å². The zero-order valence-corrected chi connectivity index (χ0v) is 10.8. The highest BCUT2D eigenvalue weighted by Gasteiger charge is 2.42. The van der Waals surface area contributed by atoms with Crippen molar-refractivity contribution in [2.45, 2.75) is 25.3 Å². The molecule has 5 heteroatoms. The summed E-state index contributed by atoms with van der Waals surface area (Å²) in [7, 11) is 0. The van der Waals surface area contributed by atoms with Gasteiger partial charge < -0.3 is 9.47 Å². The summed E-state index contributed by atoms with van der Waals surface area (Å²) >= 11 is 0. The van der Waals surface area contributed by atoms with Crippen molar-refractivity contribution >= 4 is 0 Å². The molecular weight excluding hydrogens is 242 g/mol. The van der Waals surface area contributed by atoms with Gasteiger partial charge in [-0.25, -0.2) is 4.68 Å². The van der Waals surface area contributed by atoms with Crippen LogP contribution >= 0.6 is 0 Å². The van der Waals surface area contributed by atoms with Gasteiger partial charge in [-0.05, 0) is 38.0 Å². The Morgan fingerprint density at radius 3 is 2.74 bits per heavy atom. The molecule has 2 aromatic rings. The van der Waals surface area contributed by atoms with Crippen molar-refractivity contribution in [3.63, 3.8) is 0 Å². The Morgan fingerprint density at radius 2 is 1.95 bits per heavy atom. The molecule has 0 bridgehead atoms. The summed E-state index contributed by atoms with van der Waals surface area (Å²) in [5.74, 6) is 1.61. The number of fused-ring (bicyclic) bond motifs is 1. The van der Waals surface area contributed by atoms with Gasteiger partial charge in [0.25, 0.3) is 0 Å². The van der Waals surface area contributed by atoms with Crippen molar-refractivity contribution in [2.75, 3.05) is 13.2 Å². The van der Waals surface area contributed by atoms with Crippen molar-refractivity contribution in [3.8, 4) is 22.8 Å². The molecule has 1 aliphatic carbocycles. The average molecular weight is 257 g/mol. The maximum Gasteiger partial charge on any atom is 0.162 e. The number of benzene rings is 1. The van der Waals surface area contributed by atoms with Crippen LogP contribution in [0.5, 0.6) is 11.5 Å². The second-order valence-corrected chi connectivity index (χ2v) is 5.39. The molecule has 0 radical (unpaired) electrons. The fourth-order valence-corrected chi connectivity index (χ4v) is 2.43. The number of hydrogen-bond donors (Lipinski definition) is 0. The topological polar surface area (TPSA) is 49.2 Å². The standard InChI is InChI=1S/C14H15N3O2/c1-14(4-5-14)17-11(9-15-16-17)10-2-3-12-13(8-10)19-7-6-18-12/h2-3,8-9H,4-7H2,1H3. The van der Waals surface area contributed by atoms with E-state index < -0.39 is 0 Å². The molecule has 5 nitrogen and oxygen atoms in total. The van der Waals surface area contributed by atoms with Crippen LogP contribution in [0, 0.1) is 0 Å². The quantitative estimate of drug-likeness (QED) is 0.827. The van der Waals surface area contributed by atoms with E-state index in [4.69, 9.17) is 9.47 Å². The van der Waals surface area contributed by atoms with Crippen LogP contribution in [0.25, 0.3) is 11.3 Å². The van der Waals surface area contributed by atoms with Crippen LogP contribution in [-0.4, -0.2) is 28.2 Å². The van der Waals surface area contributed by atoms with Gasteiger partial charge >= 0.3 is 0 Å². The maximum absolute atomic E-state index is 5.63. The van der Waals surface area contributed by atoms with Crippen LogP contribution in [0.1, 0.15) is 19.8 Å². The molecule has 19 heavy (non-hydrogen) atoms. The Bertz CT molecular complexity index is 631. The lowest BCUT2D eigenvalue weighted by Gasteiger charge is -2.19. The summed E-state index contributed by atoms with van der Waals surface area (Å²) in [5, 5.41) is 8.29. The predicted molar refractivity (Wildman–Crippen MR) is 69.3 cm³/mol. The van der Waals surface area contributed by atoms with Crippen LogP contribution < -0.4 is 9.47 Å². The molecular formula is C14H15N3O2. The highest BCUT2D eigenvalue weighted by Crippen LogP contribution is 2.45. The first-order chi connectivity index (χ1) is 9.26. The van der Waals surface area contributed by atoms with E-state index in [0.29, 0.717) is 13.2 Å². The van der Waals surface area contributed by atoms with E-state index in [2.05, 4.69) is 17.2 Å². The summed E-state index contributed by atoms with van der Waals surface area (Å²) in [6.07, 6.45) is 4.14. The summed E-state index contributed by atoms with van der Waals surface area (Å²) in [5.41, 5.74) is 2.25. The lowest BCUT2D eigenvalue weighted by molar-refractivity contribution is 0.171. The highest BCUT2D eigenvalue weighted by molar-refractivity contribution is 5.64. The predicted octanol–water partition coefficient (Wildman–Crippen LogP) is 2.23. The zero-order valence-electron chi connectivity index (χ0n) is 10.8. The molecule has 0 unspecified atom stereocenters. The monoisotopic (exact) mass is 257 g/mol. The summed E-state index contributed by atoms with van der Waals surface area (Å²) in [6, 6.07) is 6.00. The molecule has 0 N–H and O–H groups in total. The Hall–Kier alpha value is -2.04. The second kappa shape index (κ2) is 3.73. The first-order valence-electron chi connectivity index (χ1n) is 6.57. The lowest BCUT2D eigenvalue weighted by atomic mass is 10.1. The van der Waals surface area contributed by atoms with Gasteiger partial charge in [0, 0.05) is 5.56 Å². The van der Waals surface area contributed by atoms with E-state index >= 15 is 0 Å². The van der Waals surface area contributed by atoms with Crippen molar-refractivity contribution < 1.29 is 9.47 Å². The molecule has 2 heterocycles. The van der Waals surface area contributed by atoms with Crippen molar-refractivity contribution in [2.24, 2.45) is 0 Å². The number of ether oxygens (including phenoxy) is 2. The van der Waals surface area contributed by atoms with E-state index in [1.54, 1.807) is 0 Å². The SMILES string of the molecule is CC1(n2nncc2-c2ccc3c(c2)OCCO3)CC1. The maximum atomic E-state index is 5.63. The molecule has 4 rings (SSSR count). The lowest BCUT2D eigenvalue weighted by Crippen LogP contribution is -2.16. The Balaban J connectivity index is 1.78. The van der Waals surface area contributed by atoms with Gasteiger partial charge in [0.05, 0.1) is 17.4 Å². The van der Waals surface area contributed by atoms with Crippen LogP contribution in [0.3, 0.4) is 0 Å². The summed E-state index contributed by atoms with van der Waals surface area (Å²) in [6.45, 7) is 3.43.